The maximum Gasteiger partial charge on any atom is 0.217 e. The van der Waals surface area contributed by atoms with Crippen LogP contribution in [-0.2, 0) is 40.4 Å². The smallest absolute Gasteiger partial charge is 0.217 e. The summed E-state index contributed by atoms with van der Waals surface area (Å²) in [6.07, 6.45) is 0.964. The second-order valence-electron chi connectivity index (χ2n) is 10.5. The molecule has 3 atom stereocenters. The van der Waals surface area contributed by atoms with Gasteiger partial charge < -0.3 is 29.4 Å². The number of benzene rings is 3. The zero-order chi connectivity index (χ0) is 28.1. The first-order chi connectivity index (χ1) is 19.4. The summed E-state index contributed by atoms with van der Waals surface area (Å²) in [5.74, 6) is 1.46. The minimum Gasteiger partial charge on any atom is -0.493 e. The number of fused-ring (bicyclic) bond motifs is 1. The number of ether oxygens (including phenoxy) is 4. The monoisotopic (exact) mass is 546 g/mol. The molecule has 8 heteroatoms. The lowest BCUT2D eigenvalue weighted by atomic mass is 9.97. The van der Waals surface area contributed by atoms with Gasteiger partial charge in [-0.2, -0.15) is 0 Å². The summed E-state index contributed by atoms with van der Waals surface area (Å²) in [6.45, 7) is 4.53. The second kappa shape index (κ2) is 12.8. The predicted octanol–water partition coefficient (Wildman–Crippen LogP) is 4.44. The maximum atomic E-state index is 11.3. The number of nitrogens with one attached hydrogen (secondary N) is 1. The molecule has 5 rings (SSSR count). The molecule has 2 N–H and O–H groups in total. The molecule has 40 heavy (non-hydrogen) atoms. The predicted molar refractivity (Wildman–Crippen MR) is 151 cm³/mol. The number of methoxy groups -OCH3 is 2. The molecule has 0 bridgehead atoms. The molecule has 0 unspecified atom stereocenters. The van der Waals surface area contributed by atoms with E-state index in [1.165, 1.54) is 18.1 Å². The molecule has 0 spiro atoms. The van der Waals surface area contributed by atoms with Crippen molar-refractivity contribution in [2.75, 3.05) is 27.3 Å². The summed E-state index contributed by atoms with van der Waals surface area (Å²) in [5.41, 5.74) is 6.44. The molecule has 0 radical (unpaired) electrons. The molecule has 3 aromatic carbocycles. The summed E-state index contributed by atoms with van der Waals surface area (Å²) < 4.78 is 24.1. The number of nitrogens with zero attached hydrogens (tertiary/aromatic N) is 1. The van der Waals surface area contributed by atoms with Crippen molar-refractivity contribution in [3.05, 3.63) is 94.0 Å². The molecule has 212 valence electrons. The molecule has 2 heterocycles. The van der Waals surface area contributed by atoms with Crippen LogP contribution in [0.5, 0.6) is 11.5 Å². The Labute approximate surface area is 235 Å². The number of hydrogen-bond donors (Lipinski definition) is 2. The van der Waals surface area contributed by atoms with Crippen LogP contribution < -0.4 is 14.8 Å². The SMILES string of the molecule is COc1cc2c(cc1OC)CN(C[C@@H]1C[C@H](c3ccc(CO)cc3)O[C@H](c3ccc(CNC(C)=O)cc3)O1)CC2. The van der Waals surface area contributed by atoms with Crippen molar-refractivity contribution in [3.63, 3.8) is 0 Å². The highest BCUT2D eigenvalue weighted by Crippen LogP contribution is 2.39. The minimum absolute atomic E-state index is 0.0120. The average Bonchev–Trinajstić information content (AvgIpc) is 2.99. The Hall–Kier alpha value is -3.43. The number of carbonyl (C=O) groups excluding carboxylic acids is 1. The van der Waals surface area contributed by atoms with E-state index >= 15 is 0 Å². The number of hydrogen-bond acceptors (Lipinski definition) is 7. The highest BCUT2D eigenvalue weighted by atomic mass is 16.7. The summed E-state index contributed by atoms with van der Waals surface area (Å²) in [6, 6.07) is 20.1. The van der Waals surface area contributed by atoms with Gasteiger partial charge in [-0.3, -0.25) is 9.69 Å². The third kappa shape index (κ3) is 6.64. The first-order valence-electron chi connectivity index (χ1n) is 13.8. The van der Waals surface area contributed by atoms with E-state index in [9.17, 15) is 9.90 Å². The number of amides is 1. The molecule has 0 aromatic heterocycles. The van der Waals surface area contributed by atoms with Crippen LogP contribution in [0.25, 0.3) is 0 Å². The van der Waals surface area contributed by atoms with E-state index in [2.05, 4.69) is 22.3 Å². The van der Waals surface area contributed by atoms with E-state index in [1.807, 2.05) is 48.5 Å². The fourth-order valence-corrected chi connectivity index (χ4v) is 5.44. The van der Waals surface area contributed by atoms with Crippen molar-refractivity contribution < 1.29 is 28.8 Å². The number of aliphatic hydroxyl groups is 1. The van der Waals surface area contributed by atoms with Gasteiger partial charge in [-0.25, -0.2) is 0 Å². The summed E-state index contributed by atoms with van der Waals surface area (Å²) >= 11 is 0. The molecule has 0 saturated carbocycles. The van der Waals surface area contributed by atoms with Gasteiger partial charge in [0.05, 0.1) is 33.0 Å². The molecule has 1 saturated heterocycles. The van der Waals surface area contributed by atoms with Gasteiger partial charge in [-0.15, -0.1) is 0 Å². The van der Waals surface area contributed by atoms with Crippen molar-refractivity contribution in [3.8, 4) is 11.5 Å². The van der Waals surface area contributed by atoms with E-state index < -0.39 is 6.29 Å². The van der Waals surface area contributed by atoms with Crippen LogP contribution in [0, 0.1) is 0 Å². The van der Waals surface area contributed by atoms with Gasteiger partial charge in [0.25, 0.3) is 0 Å². The van der Waals surface area contributed by atoms with E-state index in [1.54, 1.807) is 14.2 Å². The van der Waals surface area contributed by atoms with Gasteiger partial charge in [0, 0.05) is 45.1 Å². The molecule has 0 aliphatic carbocycles. The highest BCUT2D eigenvalue weighted by Gasteiger charge is 2.34. The number of aliphatic hydroxyl groups excluding tert-OH is 1. The van der Waals surface area contributed by atoms with Crippen molar-refractivity contribution in [1.29, 1.82) is 0 Å². The summed E-state index contributed by atoms with van der Waals surface area (Å²) in [4.78, 5) is 13.7. The van der Waals surface area contributed by atoms with Crippen LogP contribution in [0.2, 0.25) is 0 Å². The topological polar surface area (TPSA) is 89.5 Å². The molecule has 3 aromatic rings. The van der Waals surface area contributed by atoms with Gasteiger partial charge >= 0.3 is 0 Å². The van der Waals surface area contributed by atoms with E-state index in [0.29, 0.717) is 6.54 Å². The first kappa shape index (κ1) is 28.1. The van der Waals surface area contributed by atoms with Gasteiger partial charge in [0.15, 0.2) is 17.8 Å². The molecule has 2 aliphatic rings. The Morgan fingerprint density at radius 3 is 2.25 bits per heavy atom. The van der Waals surface area contributed by atoms with Gasteiger partial charge in [0.1, 0.15) is 0 Å². The van der Waals surface area contributed by atoms with Crippen LogP contribution in [0.3, 0.4) is 0 Å². The Morgan fingerprint density at radius 2 is 1.60 bits per heavy atom. The molecule has 2 aliphatic heterocycles. The van der Waals surface area contributed by atoms with Gasteiger partial charge in [-0.05, 0) is 46.4 Å². The fourth-order valence-electron chi connectivity index (χ4n) is 5.44. The zero-order valence-corrected chi connectivity index (χ0v) is 23.4. The van der Waals surface area contributed by atoms with Crippen LogP contribution >= 0.6 is 0 Å². The molecule has 8 nitrogen and oxygen atoms in total. The second-order valence-corrected chi connectivity index (χ2v) is 10.5. The lowest BCUT2D eigenvalue weighted by Crippen LogP contribution is -2.41. The summed E-state index contributed by atoms with van der Waals surface area (Å²) in [5, 5.41) is 12.3. The maximum absolute atomic E-state index is 11.3. The van der Waals surface area contributed by atoms with E-state index in [0.717, 1.165) is 66.2 Å². The quantitative estimate of drug-likeness (QED) is 0.410. The van der Waals surface area contributed by atoms with Crippen LogP contribution in [0.1, 0.15) is 59.1 Å². The Bertz CT molecular complexity index is 1290. The molecule has 1 amide bonds. The fraction of sp³-hybridized carbons (Fsp3) is 0.406. The lowest BCUT2D eigenvalue weighted by Gasteiger charge is -2.39. The van der Waals surface area contributed by atoms with Crippen molar-refractivity contribution in [1.82, 2.24) is 10.2 Å². The van der Waals surface area contributed by atoms with Crippen LogP contribution in [0.15, 0.2) is 60.7 Å². The Balaban J connectivity index is 1.33. The van der Waals surface area contributed by atoms with Gasteiger partial charge in [-0.1, -0.05) is 48.5 Å². The third-order valence-electron chi connectivity index (χ3n) is 7.67. The lowest BCUT2D eigenvalue weighted by molar-refractivity contribution is -0.253. The standard InChI is InChI=1S/C32H38N2O6/c1-21(36)33-17-22-4-10-25(11-5-22)32-39-28(16-29(40-32)24-8-6-23(20-35)7-9-24)19-34-13-12-26-14-30(37-2)31(38-3)15-27(26)18-34/h4-11,14-15,28-29,32,35H,12-13,16-20H2,1-3H3,(H,33,36)/t28-,29+,32+/m0/s1. The minimum atomic E-state index is -0.516. The molecular formula is C32H38N2O6. The van der Waals surface area contributed by atoms with Crippen LogP contribution in [-0.4, -0.2) is 49.3 Å². The normalized spacial score (nSPS) is 20.9. The molecule has 1 fully saturated rings. The first-order valence-corrected chi connectivity index (χ1v) is 13.8. The Morgan fingerprint density at radius 1 is 0.950 bits per heavy atom. The number of rotatable bonds is 9. The van der Waals surface area contributed by atoms with E-state index in [-0.39, 0.29) is 24.7 Å². The van der Waals surface area contributed by atoms with Crippen LogP contribution in [0.4, 0.5) is 0 Å². The van der Waals surface area contributed by atoms with Crippen molar-refractivity contribution in [2.45, 2.75) is 58.0 Å². The molecular weight excluding hydrogens is 508 g/mol. The van der Waals surface area contributed by atoms with Gasteiger partial charge in [0.2, 0.25) is 5.91 Å². The average molecular weight is 547 g/mol. The third-order valence-corrected chi connectivity index (χ3v) is 7.67. The van der Waals surface area contributed by atoms with E-state index in [4.69, 9.17) is 18.9 Å². The zero-order valence-electron chi connectivity index (χ0n) is 23.4. The number of carbonyl (C=O) groups is 1. The van der Waals surface area contributed by atoms with Crippen molar-refractivity contribution >= 4 is 5.91 Å². The summed E-state index contributed by atoms with van der Waals surface area (Å²) in [7, 11) is 3.34. The van der Waals surface area contributed by atoms with Crippen molar-refractivity contribution in [2.24, 2.45) is 0 Å². The largest absolute Gasteiger partial charge is 0.493 e. The Kier molecular flexibility index (Phi) is 9.01. The highest BCUT2D eigenvalue weighted by molar-refractivity contribution is 5.72.